The number of nitrogens with zero attached hydrogens (tertiary/aromatic N) is 1. The van der Waals surface area contributed by atoms with E-state index in [-0.39, 0.29) is 12.6 Å². The Morgan fingerprint density at radius 3 is 2.69 bits per heavy atom. The van der Waals surface area contributed by atoms with Crippen LogP contribution in [0.1, 0.15) is 19.3 Å². The minimum atomic E-state index is -2.23. The van der Waals surface area contributed by atoms with Crippen LogP contribution in [0.2, 0.25) is 0 Å². The molecule has 0 amide bonds. The Labute approximate surface area is 78.1 Å². The summed E-state index contributed by atoms with van der Waals surface area (Å²) in [5.41, 5.74) is 5.58. The van der Waals surface area contributed by atoms with E-state index in [1.165, 1.54) is 0 Å². The monoisotopic (exact) mass is 192 g/mol. The molecule has 0 radical (unpaired) electrons. The van der Waals surface area contributed by atoms with E-state index in [4.69, 9.17) is 5.73 Å². The number of halogens is 2. The van der Waals surface area contributed by atoms with Crippen molar-refractivity contribution in [2.24, 2.45) is 11.7 Å². The highest BCUT2D eigenvalue weighted by Crippen LogP contribution is 2.28. The van der Waals surface area contributed by atoms with Crippen molar-refractivity contribution in [1.29, 1.82) is 0 Å². The van der Waals surface area contributed by atoms with E-state index >= 15 is 0 Å². The van der Waals surface area contributed by atoms with E-state index in [0.29, 0.717) is 12.5 Å². The van der Waals surface area contributed by atoms with Crippen molar-refractivity contribution < 1.29 is 8.78 Å². The van der Waals surface area contributed by atoms with Gasteiger partial charge in [0.1, 0.15) is 0 Å². The van der Waals surface area contributed by atoms with Crippen LogP contribution in [0.5, 0.6) is 0 Å². The number of alkyl halides is 2. The lowest BCUT2D eigenvalue weighted by Crippen LogP contribution is -2.40. The summed E-state index contributed by atoms with van der Waals surface area (Å²) in [6.07, 6.45) is 1.00. The molecule has 1 rings (SSSR count). The van der Waals surface area contributed by atoms with Crippen LogP contribution in [0.3, 0.4) is 0 Å². The smallest absolute Gasteiger partial charge is 0.251 e. The van der Waals surface area contributed by atoms with Gasteiger partial charge in [0.25, 0.3) is 6.43 Å². The van der Waals surface area contributed by atoms with Crippen molar-refractivity contribution in [3.8, 4) is 0 Å². The minimum Gasteiger partial charge on any atom is -0.330 e. The van der Waals surface area contributed by atoms with Crippen LogP contribution in [0, 0.1) is 5.92 Å². The first-order valence-electron chi connectivity index (χ1n) is 4.83. The normalized spacial score (nSPS) is 29.1. The number of hydrogen-bond acceptors (Lipinski definition) is 2. The zero-order valence-electron chi connectivity index (χ0n) is 8.05. The van der Waals surface area contributed by atoms with Crippen molar-refractivity contribution in [3.05, 3.63) is 0 Å². The number of rotatable bonds is 4. The lowest BCUT2D eigenvalue weighted by Gasteiger charge is -2.28. The molecule has 0 aliphatic heterocycles. The molecule has 0 spiro atoms. The lowest BCUT2D eigenvalue weighted by molar-refractivity contribution is 0.0718. The van der Waals surface area contributed by atoms with Crippen molar-refractivity contribution >= 4 is 0 Å². The Morgan fingerprint density at radius 2 is 2.15 bits per heavy atom. The predicted molar refractivity (Wildman–Crippen MR) is 48.8 cm³/mol. The summed E-state index contributed by atoms with van der Waals surface area (Å²) in [6, 6.07) is 0.277. The third-order valence-corrected chi connectivity index (χ3v) is 2.91. The number of nitrogens with two attached hydrogens (primary N) is 1. The zero-order chi connectivity index (χ0) is 9.84. The Hall–Kier alpha value is -0.220. The Morgan fingerprint density at radius 1 is 1.46 bits per heavy atom. The van der Waals surface area contributed by atoms with E-state index in [2.05, 4.69) is 0 Å². The topological polar surface area (TPSA) is 29.3 Å². The molecular formula is C9H18F2N2. The second-order valence-electron chi connectivity index (χ2n) is 3.82. The summed E-state index contributed by atoms with van der Waals surface area (Å²) in [4.78, 5) is 1.76. The molecule has 0 aromatic heterocycles. The molecule has 4 heteroatoms. The van der Waals surface area contributed by atoms with Crippen molar-refractivity contribution in [3.63, 3.8) is 0 Å². The van der Waals surface area contributed by atoms with Crippen LogP contribution in [-0.2, 0) is 0 Å². The highest BCUT2D eigenvalue weighted by molar-refractivity contribution is 4.84. The lowest BCUT2D eigenvalue weighted by atomic mass is 10.0. The van der Waals surface area contributed by atoms with E-state index < -0.39 is 6.43 Å². The molecule has 13 heavy (non-hydrogen) atoms. The molecule has 78 valence electrons. The second kappa shape index (κ2) is 4.86. The third-order valence-electron chi connectivity index (χ3n) is 2.91. The predicted octanol–water partition coefficient (Wildman–Crippen LogP) is 1.31. The largest absolute Gasteiger partial charge is 0.330 e. The van der Waals surface area contributed by atoms with E-state index in [9.17, 15) is 8.78 Å². The second-order valence-corrected chi connectivity index (χ2v) is 3.82. The summed E-state index contributed by atoms with van der Waals surface area (Å²) >= 11 is 0. The van der Waals surface area contributed by atoms with Crippen molar-refractivity contribution in [1.82, 2.24) is 4.90 Å². The van der Waals surface area contributed by atoms with Crippen molar-refractivity contribution in [2.45, 2.75) is 31.7 Å². The van der Waals surface area contributed by atoms with Crippen molar-refractivity contribution in [2.75, 3.05) is 20.1 Å². The molecule has 2 unspecified atom stereocenters. The quantitative estimate of drug-likeness (QED) is 0.727. The van der Waals surface area contributed by atoms with Crippen LogP contribution in [-0.4, -0.2) is 37.5 Å². The van der Waals surface area contributed by atoms with Gasteiger partial charge < -0.3 is 5.73 Å². The average molecular weight is 192 g/mol. The molecule has 0 heterocycles. The maximum atomic E-state index is 12.1. The average Bonchev–Trinajstić information content (AvgIpc) is 2.49. The van der Waals surface area contributed by atoms with Gasteiger partial charge in [0, 0.05) is 6.04 Å². The highest BCUT2D eigenvalue weighted by Gasteiger charge is 2.30. The molecule has 0 aromatic rings. The first kappa shape index (κ1) is 10.9. The summed E-state index contributed by atoms with van der Waals surface area (Å²) in [5, 5.41) is 0. The van der Waals surface area contributed by atoms with Gasteiger partial charge in [-0.15, -0.1) is 0 Å². The van der Waals surface area contributed by atoms with E-state index in [1.807, 2.05) is 0 Å². The van der Waals surface area contributed by atoms with Gasteiger partial charge in [-0.1, -0.05) is 6.42 Å². The summed E-state index contributed by atoms with van der Waals surface area (Å²) in [5.74, 6) is 0.420. The van der Waals surface area contributed by atoms with Gasteiger partial charge >= 0.3 is 0 Å². The van der Waals surface area contributed by atoms with Crippen LogP contribution >= 0.6 is 0 Å². The van der Waals surface area contributed by atoms with Crippen LogP contribution in [0.4, 0.5) is 8.78 Å². The first-order chi connectivity index (χ1) is 6.15. The molecule has 0 aromatic carbocycles. The van der Waals surface area contributed by atoms with Gasteiger partial charge in [-0.25, -0.2) is 8.78 Å². The van der Waals surface area contributed by atoms with E-state index in [0.717, 1.165) is 19.3 Å². The van der Waals surface area contributed by atoms with Gasteiger partial charge in [0.05, 0.1) is 6.54 Å². The van der Waals surface area contributed by atoms with Crippen LogP contribution < -0.4 is 5.73 Å². The first-order valence-corrected chi connectivity index (χ1v) is 4.83. The fourth-order valence-corrected chi connectivity index (χ4v) is 2.23. The fraction of sp³-hybridized carbons (Fsp3) is 1.00. The Kier molecular flexibility index (Phi) is 4.06. The SMILES string of the molecule is CN(CC(F)F)C1CCCC1CN. The summed E-state index contributed by atoms with van der Waals surface area (Å²) in [7, 11) is 1.77. The van der Waals surface area contributed by atoms with E-state index in [1.54, 1.807) is 11.9 Å². The summed E-state index contributed by atoms with van der Waals surface area (Å²) < 4.78 is 24.2. The molecule has 1 aliphatic carbocycles. The molecule has 2 atom stereocenters. The van der Waals surface area contributed by atoms with Gasteiger partial charge in [-0.2, -0.15) is 0 Å². The highest BCUT2D eigenvalue weighted by atomic mass is 19.3. The van der Waals surface area contributed by atoms with Crippen LogP contribution in [0.25, 0.3) is 0 Å². The van der Waals surface area contributed by atoms with Gasteiger partial charge in [-0.05, 0) is 32.4 Å². The Bertz CT molecular complexity index is 153. The molecule has 1 fully saturated rings. The van der Waals surface area contributed by atoms with Gasteiger partial charge in [0.2, 0.25) is 0 Å². The number of hydrogen-bond donors (Lipinski definition) is 1. The fourth-order valence-electron chi connectivity index (χ4n) is 2.23. The Balaban J connectivity index is 2.40. The molecule has 0 saturated heterocycles. The molecule has 0 bridgehead atoms. The summed E-state index contributed by atoms with van der Waals surface area (Å²) in [6.45, 7) is 0.499. The van der Waals surface area contributed by atoms with Gasteiger partial charge in [-0.3, -0.25) is 4.90 Å². The minimum absolute atomic E-state index is 0.124. The molecule has 1 saturated carbocycles. The molecule has 2 N–H and O–H groups in total. The van der Waals surface area contributed by atoms with Gasteiger partial charge in [0.15, 0.2) is 0 Å². The standard InChI is InChI=1S/C9H18F2N2/c1-13(6-9(10)11)8-4-2-3-7(8)5-12/h7-9H,2-6,12H2,1H3. The molecule has 1 aliphatic rings. The molecule has 2 nitrogen and oxygen atoms in total. The van der Waals surface area contributed by atoms with Crippen LogP contribution in [0.15, 0.2) is 0 Å². The third kappa shape index (κ3) is 2.88. The molecular weight excluding hydrogens is 174 g/mol. The maximum absolute atomic E-state index is 12.1. The zero-order valence-corrected chi connectivity index (χ0v) is 8.05. The maximum Gasteiger partial charge on any atom is 0.251 e.